The number of hydrogen-bond donors (Lipinski definition) is 0. The molecule has 0 heterocycles. The minimum atomic E-state index is 0.122. The van der Waals surface area contributed by atoms with Gasteiger partial charge < -0.3 is 0 Å². The van der Waals surface area contributed by atoms with Crippen molar-refractivity contribution in [2.45, 2.75) is 25.7 Å². The van der Waals surface area contributed by atoms with Crippen molar-refractivity contribution in [1.29, 1.82) is 0 Å². The quantitative estimate of drug-likeness (QED) is 0.475. The van der Waals surface area contributed by atoms with Crippen LogP contribution in [-0.2, 0) is 0 Å². The zero-order valence-electron chi connectivity index (χ0n) is 14.0. The summed E-state index contributed by atoms with van der Waals surface area (Å²) in [6.07, 6.45) is 0. The lowest BCUT2D eigenvalue weighted by Gasteiger charge is -2.28. The Morgan fingerprint density at radius 1 is 0.708 bits per heavy atom. The van der Waals surface area contributed by atoms with Gasteiger partial charge in [0, 0.05) is 17.0 Å². The molecule has 0 bridgehead atoms. The minimum Gasteiger partial charge on any atom is -0.289 e. The monoisotopic (exact) mass is 312 g/mol. The minimum absolute atomic E-state index is 0.122. The highest BCUT2D eigenvalue weighted by Crippen LogP contribution is 2.40. The first kappa shape index (κ1) is 14.9. The van der Waals surface area contributed by atoms with Crippen LogP contribution in [0.25, 0.3) is 0 Å². The van der Waals surface area contributed by atoms with Gasteiger partial charge in [0.25, 0.3) is 0 Å². The molecule has 0 amide bonds. The second-order valence-electron chi connectivity index (χ2n) is 6.76. The van der Waals surface area contributed by atoms with Crippen molar-refractivity contribution >= 4 is 5.78 Å². The van der Waals surface area contributed by atoms with Gasteiger partial charge in [-0.3, -0.25) is 4.79 Å². The van der Waals surface area contributed by atoms with Gasteiger partial charge >= 0.3 is 0 Å². The maximum absolute atomic E-state index is 12.8. The van der Waals surface area contributed by atoms with Gasteiger partial charge in [-0.25, -0.2) is 0 Å². The summed E-state index contributed by atoms with van der Waals surface area (Å²) >= 11 is 0. The first-order valence-corrected chi connectivity index (χ1v) is 8.49. The van der Waals surface area contributed by atoms with Gasteiger partial charge in [0.05, 0.1) is 0 Å². The predicted octanol–water partition coefficient (Wildman–Crippen LogP) is 5.53. The lowest BCUT2D eigenvalue weighted by molar-refractivity contribution is 0.103. The molecule has 0 atom stereocenters. The van der Waals surface area contributed by atoms with E-state index in [1.165, 1.54) is 11.1 Å². The molecule has 3 aromatic rings. The number of hydrogen-bond acceptors (Lipinski definition) is 1. The van der Waals surface area contributed by atoms with E-state index < -0.39 is 0 Å². The number of benzene rings is 3. The lowest BCUT2D eigenvalue weighted by atomic mass is 9.74. The van der Waals surface area contributed by atoms with Gasteiger partial charge in [0.1, 0.15) is 0 Å². The third kappa shape index (κ3) is 2.28. The first-order chi connectivity index (χ1) is 11.7. The van der Waals surface area contributed by atoms with E-state index in [0.29, 0.717) is 5.92 Å². The Bertz CT molecular complexity index is 854. The number of carbonyl (C=O) groups is 1. The maximum atomic E-state index is 12.8. The van der Waals surface area contributed by atoms with Gasteiger partial charge in [-0.2, -0.15) is 0 Å². The molecule has 0 saturated heterocycles. The van der Waals surface area contributed by atoms with Gasteiger partial charge in [0.15, 0.2) is 5.78 Å². The Hall–Kier alpha value is -2.67. The molecular weight excluding hydrogens is 292 g/mol. The summed E-state index contributed by atoms with van der Waals surface area (Å²) in [7, 11) is 0. The Balaban J connectivity index is 1.92. The Kier molecular flexibility index (Phi) is 3.57. The van der Waals surface area contributed by atoms with Crippen LogP contribution in [0.4, 0.5) is 0 Å². The second kappa shape index (κ2) is 5.76. The maximum Gasteiger partial charge on any atom is 0.193 e. The van der Waals surface area contributed by atoms with Crippen molar-refractivity contribution in [3.63, 3.8) is 0 Å². The van der Waals surface area contributed by atoms with E-state index in [-0.39, 0.29) is 11.7 Å². The number of fused-ring (bicyclic) bond motifs is 2. The average Bonchev–Trinajstić information content (AvgIpc) is 2.62. The Morgan fingerprint density at radius 3 is 1.71 bits per heavy atom. The summed E-state index contributed by atoms with van der Waals surface area (Å²) in [5, 5.41) is 0. The van der Waals surface area contributed by atoms with Crippen LogP contribution < -0.4 is 0 Å². The van der Waals surface area contributed by atoms with E-state index in [1.54, 1.807) is 0 Å². The molecule has 0 radical (unpaired) electrons. The highest BCUT2D eigenvalue weighted by atomic mass is 16.1. The van der Waals surface area contributed by atoms with E-state index >= 15 is 0 Å². The number of rotatable bonds is 2. The van der Waals surface area contributed by atoms with Crippen LogP contribution in [0.15, 0.2) is 72.8 Å². The van der Waals surface area contributed by atoms with Crippen LogP contribution in [0.2, 0.25) is 0 Å². The highest BCUT2D eigenvalue weighted by Gasteiger charge is 2.31. The Labute approximate surface area is 143 Å². The van der Waals surface area contributed by atoms with Crippen molar-refractivity contribution in [2.24, 2.45) is 0 Å². The molecule has 118 valence electrons. The fraction of sp³-hybridized carbons (Fsp3) is 0.174. The van der Waals surface area contributed by atoms with E-state index in [4.69, 9.17) is 0 Å². The summed E-state index contributed by atoms with van der Waals surface area (Å²) in [5.74, 6) is 0.777. The van der Waals surface area contributed by atoms with Gasteiger partial charge in [-0.15, -0.1) is 0 Å². The second-order valence-corrected chi connectivity index (χ2v) is 6.76. The SMILES string of the molecule is CC(C)c1ccc(C2c3ccccc3C(=O)c3ccccc32)cc1. The molecule has 1 aliphatic rings. The molecular formula is C23H20O. The van der Waals surface area contributed by atoms with E-state index in [1.807, 2.05) is 36.4 Å². The van der Waals surface area contributed by atoms with Crippen molar-refractivity contribution in [2.75, 3.05) is 0 Å². The predicted molar refractivity (Wildman–Crippen MR) is 97.8 cm³/mol. The Morgan fingerprint density at radius 2 is 1.21 bits per heavy atom. The fourth-order valence-electron chi connectivity index (χ4n) is 3.66. The molecule has 0 aliphatic heterocycles. The normalized spacial score (nSPS) is 13.7. The van der Waals surface area contributed by atoms with E-state index in [2.05, 4.69) is 50.2 Å². The standard InChI is InChI=1S/C23H20O/c1-15(2)16-11-13-17(14-12-16)22-18-7-3-5-9-20(18)23(24)21-10-6-4-8-19(21)22/h3-15,22H,1-2H3. The summed E-state index contributed by atoms with van der Waals surface area (Å²) in [6.45, 7) is 4.41. The third-order valence-electron chi connectivity index (χ3n) is 4.97. The number of carbonyl (C=O) groups excluding carboxylic acids is 1. The summed E-state index contributed by atoms with van der Waals surface area (Å²) in [5.41, 5.74) is 6.46. The summed E-state index contributed by atoms with van der Waals surface area (Å²) in [4.78, 5) is 12.8. The number of ketones is 1. The average molecular weight is 312 g/mol. The van der Waals surface area contributed by atoms with Crippen molar-refractivity contribution in [3.05, 3.63) is 106 Å². The molecule has 24 heavy (non-hydrogen) atoms. The zero-order chi connectivity index (χ0) is 16.7. The van der Waals surface area contributed by atoms with Crippen molar-refractivity contribution < 1.29 is 4.79 Å². The van der Waals surface area contributed by atoms with E-state index in [0.717, 1.165) is 22.3 Å². The summed E-state index contributed by atoms with van der Waals surface area (Å²) in [6, 6.07) is 24.9. The molecule has 1 nitrogen and oxygen atoms in total. The molecule has 4 rings (SSSR count). The van der Waals surface area contributed by atoms with Crippen LogP contribution in [0.5, 0.6) is 0 Å². The molecule has 1 aliphatic carbocycles. The van der Waals surface area contributed by atoms with Crippen LogP contribution in [0, 0.1) is 0 Å². The molecule has 0 N–H and O–H groups in total. The van der Waals surface area contributed by atoms with Crippen LogP contribution in [0.1, 0.15) is 63.9 Å². The topological polar surface area (TPSA) is 17.1 Å². The molecule has 3 aromatic carbocycles. The van der Waals surface area contributed by atoms with Crippen LogP contribution >= 0.6 is 0 Å². The van der Waals surface area contributed by atoms with Gasteiger partial charge in [-0.05, 0) is 28.2 Å². The van der Waals surface area contributed by atoms with Gasteiger partial charge in [-0.1, -0.05) is 86.6 Å². The van der Waals surface area contributed by atoms with Gasteiger partial charge in [0.2, 0.25) is 0 Å². The lowest BCUT2D eigenvalue weighted by Crippen LogP contribution is -2.20. The van der Waals surface area contributed by atoms with Crippen LogP contribution in [0.3, 0.4) is 0 Å². The molecule has 0 unspecified atom stereocenters. The largest absolute Gasteiger partial charge is 0.289 e. The van der Waals surface area contributed by atoms with E-state index in [9.17, 15) is 4.79 Å². The third-order valence-corrected chi connectivity index (χ3v) is 4.97. The fourth-order valence-corrected chi connectivity index (χ4v) is 3.66. The summed E-state index contributed by atoms with van der Waals surface area (Å²) < 4.78 is 0. The van der Waals surface area contributed by atoms with Crippen molar-refractivity contribution in [3.8, 4) is 0 Å². The molecule has 0 fully saturated rings. The molecule has 0 saturated carbocycles. The molecule has 0 spiro atoms. The molecule has 0 aromatic heterocycles. The zero-order valence-corrected chi connectivity index (χ0v) is 14.0. The van der Waals surface area contributed by atoms with Crippen molar-refractivity contribution in [1.82, 2.24) is 0 Å². The highest BCUT2D eigenvalue weighted by molar-refractivity contribution is 6.13. The van der Waals surface area contributed by atoms with Crippen LogP contribution in [-0.4, -0.2) is 5.78 Å². The smallest absolute Gasteiger partial charge is 0.193 e. The molecule has 1 heteroatoms. The first-order valence-electron chi connectivity index (χ1n) is 8.49.